The SMILES string of the molecule is CCCC/C=C/[C@H](OC(=O)[C@](OC)(c1ccccc1)C(F)(F)F)[C@H]1O[C@H]1C. The van der Waals surface area contributed by atoms with Crippen molar-refractivity contribution in [1.82, 2.24) is 0 Å². The number of carbonyl (C=O) groups is 1. The molecule has 1 heterocycles. The van der Waals surface area contributed by atoms with Crippen LogP contribution in [0.1, 0.15) is 38.7 Å². The van der Waals surface area contributed by atoms with Gasteiger partial charge in [0.1, 0.15) is 12.2 Å². The minimum absolute atomic E-state index is 0.182. The van der Waals surface area contributed by atoms with E-state index in [1.165, 1.54) is 24.3 Å². The Hall–Kier alpha value is -1.86. The first-order valence-electron chi connectivity index (χ1n) is 8.98. The van der Waals surface area contributed by atoms with Gasteiger partial charge in [-0.2, -0.15) is 13.2 Å². The van der Waals surface area contributed by atoms with Crippen molar-refractivity contribution in [1.29, 1.82) is 0 Å². The molecule has 1 aromatic carbocycles. The summed E-state index contributed by atoms with van der Waals surface area (Å²) in [6.45, 7) is 3.81. The topological polar surface area (TPSA) is 48.1 Å². The van der Waals surface area contributed by atoms with E-state index in [1.807, 2.05) is 6.92 Å². The van der Waals surface area contributed by atoms with Crippen molar-refractivity contribution in [3.05, 3.63) is 48.0 Å². The number of hydrogen-bond acceptors (Lipinski definition) is 4. The van der Waals surface area contributed by atoms with E-state index in [9.17, 15) is 18.0 Å². The van der Waals surface area contributed by atoms with Gasteiger partial charge in [-0.15, -0.1) is 0 Å². The zero-order chi connectivity index (χ0) is 20.1. The second-order valence-corrected chi connectivity index (χ2v) is 6.50. The average molecular weight is 386 g/mol. The first-order chi connectivity index (χ1) is 12.8. The van der Waals surface area contributed by atoms with Gasteiger partial charge < -0.3 is 14.2 Å². The molecule has 2 rings (SSSR count). The molecule has 0 spiro atoms. The maximum atomic E-state index is 13.9. The van der Waals surface area contributed by atoms with Gasteiger partial charge in [-0.05, 0) is 19.4 Å². The Kier molecular flexibility index (Phi) is 7.06. The molecule has 1 saturated heterocycles. The van der Waals surface area contributed by atoms with Crippen LogP contribution < -0.4 is 0 Å². The smallest absolute Gasteiger partial charge is 0.432 e. The molecule has 0 saturated carbocycles. The molecule has 0 aromatic heterocycles. The minimum atomic E-state index is -4.99. The highest BCUT2D eigenvalue weighted by Crippen LogP contribution is 2.43. The lowest BCUT2D eigenvalue weighted by Crippen LogP contribution is -2.52. The zero-order valence-electron chi connectivity index (χ0n) is 15.7. The van der Waals surface area contributed by atoms with Crippen LogP contribution in [0.25, 0.3) is 0 Å². The van der Waals surface area contributed by atoms with Crippen molar-refractivity contribution in [3.8, 4) is 0 Å². The largest absolute Gasteiger partial charge is 0.453 e. The van der Waals surface area contributed by atoms with Gasteiger partial charge in [0.15, 0.2) is 0 Å². The Morgan fingerprint density at radius 2 is 1.93 bits per heavy atom. The van der Waals surface area contributed by atoms with Crippen LogP contribution >= 0.6 is 0 Å². The molecular weight excluding hydrogens is 361 g/mol. The van der Waals surface area contributed by atoms with Crippen molar-refractivity contribution < 1.29 is 32.2 Å². The molecule has 0 radical (unpaired) electrons. The van der Waals surface area contributed by atoms with Crippen molar-refractivity contribution >= 4 is 5.97 Å². The third kappa shape index (κ3) is 4.71. The number of methoxy groups -OCH3 is 1. The molecule has 4 atom stereocenters. The normalized spacial score (nSPS) is 23.0. The van der Waals surface area contributed by atoms with Crippen LogP contribution in [-0.4, -0.2) is 37.6 Å². The standard InChI is InChI=1S/C20H25F3O4/c1-4-5-6-10-13-16(17-14(2)26-17)27-18(24)19(25-3,20(21,22)23)15-11-8-7-9-12-15/h7-14,16-17H,4-6H2,1-3H3/b13-10+/t14-,16-,17-,19+/m0/s1. The molecule has 0 bridgehead atoms. The van der Waals surface area contributed by atoms with E-state index in [-0.39, 0.29) is 11.7 Å². The van der Waals surface area contributed by atoms with Crippen molar-refractivity contribution in [2.24, 2.45) is 0 Å². The molecular formula is C20H25F3O4. The molecule has 4 nitrogen and oxygen atoms in total. The van der Waals surface area contributed by atoms with E-state index < -0.39 is 30.0 Å². The van der Waals surface area contributed by atoms with Gasteiger partial charge in [0.25, 0.3) is 5.60 Å². The average Bonchev–Trinajstić information content (AvgIpc) is 3.35. The third-order valence-electron chi connectivity index (χ3n) is 4.55. The summed E-state index contributed by atoms with van der Waals surface area (Å²) in [5, 5.41) is 0. The van der Waals surface area contributed by atoms with Gasteiger partial charge in [0, 0.05) is 12.7 Å². The molecule has 0 unspecified atom stereocenters. The summed E-state index contributed by atoms with van der Waals surface area (Å²) in [6, 6.07) is 6.78. The molecule has 1 fully saturated rings. The van der Waals surface area contributed by atoms with Gasteiger partial charge in [-0.3, -0.25) is 0 Å². The van der Waals surface area contributed by atoms with E-state index in [2.05, 4.69) is 0 Å². The first-order valence-corrected chi connectivity index (χ1v) is 8.98. The van der Waals surface area contributed by atoms with Crippen LogP contribution in [0.15, 0.2) is 42.5 Å². The highest BCUT2D eigenvalue weighted by Gasteiger charge is 2.64. The summed E-state index contributed by atoms with van der Waals surface area (Å²) in [6.07, 6.45) is -0.448. The predicted octanol–water partition coefficient (Wildman–Crippen LogP) is 4.54. The molecule has 150 valence electrons. The lowest BCUT2D eigenvalue weighted by Gasteiger charge is -2.33. The number of ether oxygens (including phenoxy) is 3. The van der Waals surface area contributed by atoms with Crippen LogP contribution in [0.4, 0.5) is 13.2 Å². The number of allylic oxidation sites excluding steroid dienone is 1. The second kappa shape index (κ2) is 8.89. The van der Waals surface area contributed by atoms with Gasteiger partial charge >= 0.3 is 12.1 Å². The lowest BCUT2D eigenvalue weighted by molar-refractivity contribution is -0.277. The number of rotatable bonds is 9. The summed E-state index contributed by atoms with van der Waals surface area (Å²) in [5.74, 6) is -1.50. The summed E-state index contributed by atoms with van der Waals surface area (Å²) in [7, 11) is 0.851. The second-order valence-electron chi connectivity index (χ2n) is 6.50. The molecule has 1 aromatic rings. The summed E-state index contributed by atoms with van der Waals surface area (Å²) >= 11 is 0. The number of esters is 1. The Bertz CT molecular complexity index is 644. The van der Waals surface area contributed by atoms with Crippen LogP contribution in [-0.2, 0) is 24.6 Å². The molecule has 7 heteroatoms. The highest BCUT2D eigenvalue weighted by atomic mass is 19.4. The van der Waals surface area contributed by atoms with Crippen molar-refractivity contribution in [2.75, 3.05) is 7.11 Å². The number of carbonyl (C=O) groups excluding carboxylic acids is 1. The van der Waals surface area contributed by atoms with Crippen LogP contribution in [0.2, 0.25) is 0 Å². The lowest BCUT2D eigenvalue weighted by atomic mass is 9.92. The summed E-state index contributed by atoms with van der Waals surface area (Å²) in [5.41, 5.74) is -3.52. The zero-order valence-corrected chi connectivity index (χ0v) is 15.7. The molecule has 0 amide bonds. The first kappa shape index (κ1) is 21.4. The van der Waals surface area contributed by atoms with Crippen LogP contribution in [0.5, 0.6) is 0 Å². The Labute approximate surface area is 157 Å². The quantitative estimate of drug-likeness (QED) is 0.271. The van der Waals surface area contributed by atoms with Gasteiger partial charge in [0.2, 0.25) is 0 Å². The fraction of sp³-hybridized carbons (Fsp3) is 0.550. The summed E-state index contributed by atoms with van der Waals surface area (Å²) in [4.78, 5) is 12.7. The summed E-state index contributed by atoms with van der Waals surface area (Å²) < 4.78 is 57.1. The maximum absolute atomic E-state index is 13.9. The van der Waals surface area contributed by atoms with Crippen LogP contribution in [0.3, 0.4) is 0 Å². The van der Waals surface area contributed by atoms with Gasteiger partial charge in [-0.1, -0.05) is 56.2 Å². The molecule has 27 heavy (non-hydrogen) atoms. The monoisotopic (exact) mass is 386 g/mol. The number of hydrogen-bond donors (Lipinski definition) is 0. The molecule has 0 aliphatic carbocycles. The Morgan fingerprint density at radius 1 is 1.30 bits per heavy atom. The van der Waals surface area contributed by atoms with E-state index >= 15 is 0 Å². The minimum Gasteiger partial charge on any atom is -0.453 e. The molecule has 1 aliphatic heterocycles. The number of alkyl halides is 3. The predicted molar refractivity (Wildman–Crippen MR) is 94.1 cm³/mol. The third-order valence-corrected chi connectivity index (χ3v) is 4.55. The van der Waals surface area contributed by atoms with Crippen molar-refractivity contribution in [2.45, 2.75) is 63.2 Å². The number of unbranched alkanes of at least 4 members (excludes halogenated alkanes) is 2. The number of benzene rings is 1. The van der Waals surface area contributed by atoms with E-state index in [0.717, 1.165) is 26.4 Å². The van der Waals surface area contributed by atoms with Gasteiger partial charge in [0.05, 0.1) is 6.10 Å². The van der Waals surface area contributed by atoms with E-state index in [0.29, 0.717) is 0 Å². The fourth-order valence-corrected chi connectivity index (χ4v) is 2.91. The Morgan fingerprint density at radius 3 is 2.41 bits per heavy atom. The maximum Gasteiger partial charge on any atom is 0.432 e. The molecule has 0 N–H and O–H groups in total. The van der Waals surface area contributed by atoms with Crippen molar-refractivity contribution in [3.63, 3.8) is 0 Å². The van der Waals surface area contributed by atoms with E-state index in [1.54, 1.807) is 25.1 Å². The van der Waals surface area contributed by atoms with Gasteiger partial charge in [-0.25, -0.2) is 4.79 Å². The van der Waals surface area contributed by atoms with E-state index in [4.69, 9.17) is 14.2 Å². The fourth-order valence-electron chi connectivity index (χ4n) is 2.91. The molecule has 1 aliphatic rings. The van der Waals surface area contributed by atoms with Crippen LogP contribution in [0, 0.1) is 0 Å². The highest BCUT2D eigenvalue weighted by molar-refractivity contribution is 5.83. The Balaban J connectivity index is 2.29. The number of halogens is 3. The number of epoxide rings is 1.